The van der Waals surface area contributed by atoms with Gasteiger partial charge in [0.2, 0.25) is 0 Å². The summed E-state index contributed by atoms with van der Waals surface area (Å²) in [5.74, 6) is -3.98. The van der Waals surface area contributed by atoms with Crippen LogP contribution in [-0.2, 0) is 80.7 Å². The van der Waals surface area contributed by atoms with Gasteiger partial charge in [0.25, 0.3) is 0 Å². The minimum absolute atomic E-state index is 0.0789. The summed E-state index contributed by atoms with van der Waals surface area (Å²) >= 11 is 0. The van der Waals surface area contributed by atoms with Crippen molar-refractivity contribution in [3.63, 3.8) is 0 Å². The van der Waals surface area contributed by atoms with Gasteiger partial charge in [-0.1, -0.05) is 60.7 Å². The molecule has 16 nitrogen and oxygen atoms in total. The summed E-state index contributed by atoms with van der Waals surface area (Å²) in [5, 5.41) is 16.4. The van der Waals surface area contributed by atoms with Crippen LogP contribution < -0.4 is 0 Å². The zero-order chi connectivity index (χ0) is 35.1. The summed E-state index contributed by atoms with van der Waals surface area (Å²) in [4.78, 5) is 82.9. The van der Waals surface area contributed by atoms with Crippen LogP contribution in [0.4, 0.5) is 0 Å². The maximum absolute atomic E-state index is 11.6. The Morgan fingerprint density at radius 1 is 0.438 bits per heavy atom. The van der Waals surface area contributed by atoms with Crippen LogP contribution in [0.15, 0.2) is 60.7 Å². The number of hydrogen-bond donors (Lipinski definition) is 2. The molecule has 0 atom stereocenters. The molecule has 0 aliphatic rings. The van der Waals surface area contributed by atoms with E-state index in [0.717, 1.165) is 11.1 Å². The van der Waals surface area contributed by atoms with Crippen molar-refractivity contribution in [3.05, 3.63) is 71.8 Å². The van der Waals surface area contributed by atoms with Gasteiger partial charge in [-0.25, -0.2) is 43.7 Å². The predicted molar refractivity (Wildman–Crippen MR) is 162 cm³/mol. The van der Waals surface area contributed by atoms with Crippen LogP contribution in [0.25, 0.3) is 0 Å². The summed E-state index contributed by atoms with van der Waals surface area (Å²) in [7, 11) is 0. The van der Waals surface area contributed by atoms with Gasteiger partial charge in [0.15, 0.2) is 19.8 Å². The Kier molecular flexibility index (Phi) is 24.9. The Balaban J connectivity index is 0.000000576. The molecule has 0 saturated heterocycles. The Morgan fingerprint density at radius 2 is 0.896 bits per heavy atom. The Hall–Kier alpha value is -4.45. The zero-order valence-electron chi connectivity index (χ0n) is 26.5. The molecule has 2 rings (SSSR count). The summed E-state index contributed by atoms with van der Waals surface area (Å²) < 4.78 is 14.3. The Morgan fingerprint density at radius 3 is 1.44 bits per heavy atom. The molecule has 2 aromatic carbocycles. The maximum Gasteiger partial charge on any atom is 0.344 e. The lowest BCUT2D eigenvalue weighted by Gasteiger charge is -2.07. The van der Waals surface area contributed by atoms with E-state index in [1.165, 1.54) is 0 Å². The van der Waals surface area contributed by atoms with E-state index in [-0.39, 0.29) is 39.3 Å². The number of carboxylic acids is 2. The van der Waals surface area contributed by atoms with Crippen LogP contribution in [-0.4, -0.2) is 86.3 Å². The molecule has 0 fully saturated rings. The Labute approximate surface area is 277 Å². The van der Waals surface area contributed by atoms with E-state index in [0.29, 0.717) is 38.9 Å². The maximum atomic E-state index is 11.6. The van der Waals surface area contributed by atoms with Crippen LogP contribution in [0.5, 0.6) is 0 Å². The number of carbonyl (C=O) groups excluding carboxylic acids is 3. The van der Waals surface area contributed by atoms with E-state index in [9.17, 15) is 24.0 Å². The molecule has 0 amide bonds. The molecule has 0 heterocycles. The number of ether oxygens (including phenoxy) is 3. The first kappa shape index (κ1) is 41.6. The van der Waals surface area contributed by atoms with Gasteiger partial charge in [0.1, 0.15) is 26.4 Å². The van der Waals surface area contributed by atoms with Gasteiger partial charge in [-0.3, -0.25) is 9.59 Å². The normalized spacial score (nSPS) is 10.3. The minimum Gasteiger partial charge on any atom is -0.479 e. The van der Waals surface area contributed by atoms with Crippen LogP contribution in [0, 0.1) is 0 Å². The molecule has 0 unspecified atom stereocenters. The topological polar surface area (TPSA) is 209 Å². The minimum atomic E-state index is -1.20. The highest BCUT2D eigenvalue weighted by Crippen LogP contribution is 2.03. The lowest BCUT2D eigenvalue weighted by molar-refractivity contribution is -0.345. The van der Waals surface area contributed by atoms with Gasteiger partial charge in [0.05, 0.1) is 13.2 Å². The van der Waals surface area contributed by atoms with E-state index < -0.39 is 49.7 Å². The first-order valence-corrected chi connectivity index (χ1v) is 15.0. The SMILES string of the molecule is O=C(CCCCOOCCOOCc1ccccc1)OCC(=O)OCc1ccccc1.O=C(O)COOCCCCC(=O)OCC(=O)O. The second kappa shape index (κ2) is 28.7. The highest BCUT2D eigenvalue weighted by molar-refractivity contribution is 5.76. The molecular weight excluding hydrogens is 640 g/mol. The average Bonchev–Trinajstić information content (AvgIpc) is 3.08. The van der Waals surface area contributed by atoms with E-state index in [2.05, 4.69) is 14.5 Å². The average molecular weight is 683 g/mol. The van der Waals surface area contributed by atoms with Crippen LogP contribution in [0.1, 0.15) is 49.7 Å². The molecular formula is C32H42O16. The monoisotopic (exact) mass is 682 g/mol. The lowest BCUT2D eigenvalue weighted by atomic mass is 10.2. The number of unbranched alkanes of at least 4 members (excludes halogenated alkanes) is 2. The Bertz CT molecular complexity index is 1160. The lowest BCUT2D eigenvalue weighted by Crippen LogP contribution is -2.16. The number of carboxylic acid groups (broad SMARTS) is 2. The van der Waals surface area contributed by atoms with Gasteiger partial charge < -0.3 is 24.4 Å². The van der Waals surface area contributed by atoms with E-state index in [1.54, 1.807) is 0 Å². The van der Waals surface area contributed by atoms with Crippen LogP contribution in [0.3, 0.4) is 0 Å². The first-order chi connectivity index (χ1) is 23.3. The van der Waals surface area contributed by atoms with Crippen LogP contribution >= 0.6 is 0 Å². The molecule has 48 heavy (non-hydrogen) atoms. The molecule has 0 spiro atoms. The summed E-state index contributed by atoms with van der Waals surface area (Å²) in [6.07, 6.45) is 2.34. The van der Waals surface area contributed by atoms with E-state index in [1.807, 2.05) is 60.7 Å². The third kappa shape index (κ3) is 26.7. The molecule has 16 heteroatoms. The second-order valence-electron chi connectivity index (χ2n) is 9.47. The first-order valence-electron chi connectivity index (χ1n) is 15.0. The predicted octanol–water partition coefficient (Wildman–Crippen LogP) is 3.36. The molecule has 0 aliphatic carbocycles. The summed E-state index contributed by atoms with van der Waals surface area (Å²) in [6.45, 7) is -0.116. The van der Waals surface area contributed by atoms with Gasteiger partial charge in [-0.2, -0.15) is 0 Å². The van der Waals surface area contributed by atoms with Crippen molar-refractivity contribution in [1.29, 1.82) is 0 Å². The fraction of sp³-hybridized carbons (Fsp3) is 0.469. The van der Waals surface area contributed by atoms with Crippen molar-refractivity contribution < 1.29 is 77.7 Å². The molecule has 2 N–H and O–H groups in total. The molecule has 2 aromatic rings. The van der Waals surface area contributed by atoms with Crippen LogP contribution in [0.2, 0.25) is 0 Å². The molecule has 0 bridgehead atoms. The third-order valence-electron chi connectivity index (χ3n) is 5.42. The molecule has 0 saturated carbocycles. The van der Waals surface area contributed by atoms with Gasteiger partial charge in [0, 0.05) is 12.8 Å². The zero-order valence-corrected chi connectivity index (χ0v) is 26.5. The largest absolute Gasteiger partial charge is 0.479 e. The molecule has 0 aliphatic heterocycles. The standard InChI is InChI=1S/C23H28O8.C9H14O8/c24-22(27-19-23(25)26-17-20-9-3-1-4-10-20)13-7-8-14-28-29-15-16-30-31-18-21-11-5-2-6-12-21;10-7(11)5-15-9(14)3-1-2-4-16-17-6-8(12)13/h1-6,9-12H,7-8,13-19H2;1-6H2,(H,10,11)(H,12,13). The van der Waals surface area contributed by atoms with Gasteiger partial charge >= 0.3 is 29.8 Å². The van der Waals surface area contributed by atoms with Crippen molar-refractivity contribution in [2.24, 2.45) is 0 Å². The van der Waals surface area contributed by atoms with E-state index in [4.69, 9.17) is 39.2 Å². The smallest absolute Gasteiger partial charge is 0.344 e. The number of hydrogen-bond acceptors (Lipinski definition) is 14. The summed E-state index contributed by atoms with van der Waals surface area (Å²) in [5.41, 5.74) is 1.89. The number of rotatable bonds is 26. The number of aliphatic carboxylic acids is 2. The molecule has 0 radical (unpaired) electrons. The molecule has 266 valence electrons. The number of benzene rings is 2. The van der Waals surface area contributed by atoms with Crippen molar-refractivity contribution in [2.75, 3.05) is 46.2 Å². The quantitative estimate of drug-likeness (QED) is 0.0479. The fourth-order valence-electron chi connectivity index (χ4n) is 3.15. The van der Waals surface area contributed by atoms with Gasteiger partial charge in [-0.05, 0) is 36.8 Å². The van der Waals surface area contributed by atoms with Crippen molar-refractivity contribution in [2.45, 2.75) is 51.7 Å². The fourth-order valence-corrected chi connectivity index (χ4v) is 3.15. The third-order valence-corrected chi connectivity index (χ3v) is 5.42. The highest BCUT2D eigenvalue weighted by Gasteiger charge is 2.09. The summed E-state index contributed by atoms with van der Waals surface area (Å²) in [6, 6.07) is 18.9. The second-order valence-corrected chi connectivity index (χ2v) is 9.47. The molecule has 0 aromatic heterocycles. The van der Waals surface area contributed by atoms with Crippen molar-refractivity contribution in [3.8, 4) is 0 Å². The van der Waals surface area contributed by atoms with E-state index >= 15 is 0 Å². The van der Waals surface area contributed by atoms with Crippen molar-refractivity contribution >= 4 is 29.8 Å². The number of carbonyl (C=O) groups is 5. The van der Waals surface area contributed by atoms with Crippen molar-refractivity contribution in [1.82, 2.24) is 0 Å². The highest BCUT2D eigenvalue weighted by atomic mass is 17.2. The number of esters is 3. The van der Waals surface area contributed by atoms with Gasteiger partial charge in [-0.15, -0.1) is 0 Å².